The number of furan rings is 1. The van der Waals surface area contributed by atoms with E-state index in [0.717, 1.165) is 55.8 Å². The van der Waals surface area contributed by atoms with E-state index in [0.29, 0.717) is 5.56 Å². The number of nitrogens with zero attached hydrogens (tertiary/aromatic N) is 4. The highest BCUT2D eigenvalue weighted by molar-refractivity contribution is 5.94. The van der Waals surface area contributed by atoms with Crippen LogP contribution in [0.4, 0.5) is 0 Å². The lowest BCUT2D eigenvalue weighted by atomic mass is 10.0. The number of hydrogen-bond donors (Lipinski definition) is 1. The van der Waals surface area contributed by atoms with Crippen LogP contribution in [0.25, 0.3) is 6.08 Å². The molecule has 0 aliphatic carbocycles. The summed E-state index contributed by atoms with van der Waals surface area (Å²) in [5, 5.41) is 12.2. The van der Waals surface area contributed by atoms with Gasteiger partial charge in [-0.2, -0.15) is 0 Å². The molecule has 3 heterocycles. The highest BCUT2D eigenvalue weighted by atomic mass is 16.5. The van der Waals surface area contributed by atoms with Crippen molar-refractivity contribution in [2.75, 3.05) is 26.7 Å². The molecule has 3 aromatic rings. The average Bonchev–Trinajstić information content (AvgIpc) is 3.44. The molecular formula is C26H33N5O3. The number of fused-ring (bicyclic) bond motifs is 1. The third-order valence-electron chi connectivity index (χ3n) is 6.14. The lowest BCUT2D eigenvalue weighted by molar-refractivity contribution is 0.0921. The number of nitrogens with one attached hydrogen (secondary N) is 1. The quantitative estimate of drug-likeness (QED) is 0.544. The molecule has 0 saturated carbocycles. The lowest BCUT2D eigenvalue weighted by Gasteiger charge is -2.23. The van der Waals surface area contributed by atoms with E-state index in [1.54, 1.807) is 37.6 Å². The van der Waals surface area contributed by atoms with E-state index < -0.39 is 0 Å². The second-order valence-electron chi connectivity index (χ2n) is 9.08. The maximum atomic E-state index is 13.0. The molecule has 0 spiro atoms. The SMILES string of the molecule is COc1ccc(C(=O)NC(c2nnc3n2CCN(CC(C)=Cc2ccco2)CC3)C(C)C)cc1. The normalized spacial score (nSPS) is 15.6. The van der Waals surface area contributed by atoms with Crippen LogP contribution < -0.4 is 10.1 Å². The molecule has 1 aliphatic heterocycles. The minimum absolute atomic E-state index is 0.132. The molecular weight excluding hydrogens is 430 g/mol. The molecule has 1 unspecified atom stereocenters. The van der Waals surface area contributed by atoms with Gasteiger partial charge in [-0.1, -0.05) is 19.4 Å². The Balaban J connectivity index is 1.45. The van der Waals surface area contributed by atoms with Crippen LogP contribution in [-0.2, 0) is 13.0 Å². The van der Waals surface area contributed by atoms with Crippen LogP contribution in [0, 0.1) is 5.92 Å². The molecule has 0 bridgehead atoms. The third kappa shape index (κ3) is 5.56. The fourth-order valence-electron chi connectivity index (χ4n) is 4.29. The fourth-order valence-corrected chi connectivity index (χ4v) is 4.29. The molecule has 34 heavy (non-hydrogen) atoms. The Morgan fingerprint density at radius 1 is 1.18 bits per heavy atom. The predicted octanol–water partition coefficient (Wildman–Crippen LogP) is 3.97. The van der Waals surface area contributed by atoms with Crippen molar-refractivity contribution < 1.29 is 13.9 Å². The summed E-state index contributed by atoms with van der Waals surface area (Å²) in [6.07, 6.45) is 4.59. The van der Waals surface area contributed by atoms with Gasteiger partial charge in [0.05, 0.1) is 19.4 Å². The first-order valence-corrected chi connectivity index (χ1v) is 11.7. The van der Waals surface area contributed by atoms with Gasteiger partial charge in [0, 0.05) is 38.2 Å². The Labute approximate surface area is 200 Å². The van der Waals surface area contributed by atoms with E-state index in [9.17, 15) is 4.79 Å². The molecule has 8 nitrogen and oxygen atoms in total. The number of carbonyl (C=O) groups is 1. The Morgan fingerprint density at radius 3 is 2.65 bits per heavy atom. The lowest BCUT2D eigenvalue weighted by Crippen LogP contribution is -2.34. The van der Waals surface area contributed by atoms with Gasteiger partial charge < -0.3 is 19.0 Å². The van der Waals surface area contributed by atoms with E-state index >= 15 is 0 Å². The van der Waals surface area contributed by atoms with Crippen LogP contribution in [0.2, 0.25) is 0 Å². The van der Waals surface area contributed by atoms with Crippen LogP contribution in [0.3, 0.4) is 0 Å². The van der Waals surface area contributed by atoms with Crippen molar-refractivity contribution in [2.24, 2.45) is 5.92 Å². The van der Waals surface area contributed by atoms with E-state index in [4.69, 9.17) is 9.15 Å². The van der Waals surface area contributed by atoms with Gasteiger partial charge in [-0.25, -0.2) is 0 Å². The highest BCUT2D eigenvalue weighted by Crippen LogP contribution is 2.24. The van der Waals surface area contributed by atoms with Gasteiger partial charge in [-0.15, -0.1) is 10.2 Å². The number of hydrogen-bond acceptors (Lipinski definition) is 6. The summed E-state index contributed by atoms with van der Waals surface area (Å²) in [4.78, 5) is 15.4. The van der Waals surface area contributed by atoms with E-state index in [-0.39, 0.29) is 17.9 Å². The number of rotatable bonds is 8. The fraction of sp³-hybridized carbons (Fsp3) is 0.423. The zero-order valence-corrected chi connectivity index (χ0v) is 20.3. The molecule has 8 heteroatoms. The molecule has 180 valence electrons. The summed E-state index contributed by atoms with van der Waals surface area (Å²) in [5.41, 5.74) is 1.84. The van der Waals surface area contributed by atoms with Crippen molar-refractivity contribution in [1.29, 1.82) is 0 Å². The molecule has 0 fully saturated rings. The Kier molecular flexibility index (Phi) is 7.47. The zero-order valence-electron chi connectivity index (χ0n) is 20.3. The van der Waals surface area contributed by atoms with Gasteiger partial charge in [0.25, 0.3) is 5.91 Å². The zero-order chi connectivity index (χ0) is 24.1. The summed E-state index contributed by atoms with van der Waals surface area (Å²) < 4.78 is 12.8. The summed E-state index contributed by atoms with van der Waals surface area (Å²) >= 11 is 0. The van der Waals surface area contributed by atoms with Crippen LogP contribution in [-0.4, -0.2) is 52.3 Å². The Morgan fingerprint density at radius 2 is 1.97 bits per heavy atom. The molecule has 1 amide bonds. The van der Waals surface area contributed by atoms with Gasteiger partial charge in [-0.3, -0.25) is 9.69 Å². The van der Waals surface area contributed by atoms with Crippen molar-refractivity contribution in [2.45, 2.75) is 39.8 Å². The standard InChI is InChI=1S/C26H33N5O3/c1-18(2)24(27-26(32)20-7-9-21(33-4)10-8-20)25-29-28-23-11-12-30(13-14-31(23)25)17-19(3)16-22-6-5-15-34-22/h5-10,15-16,18,24H,11-14,17H2,1-4H3,(H,27,32). The van der Waals surface area contributed by atoms with Crippen LogP contribution in [0.5, 0.6) is 5.75 Å². The van der Waals surface area contributed by atoms with Crippen molar-refractivity contribution in [3.05, 3.63) is 71.2 Å². The minimum atomic E-state index is -0.233. The molecule has 0 saturated heterocycles. The molecule has 0 radical (unpaired) electrons. The monoisotopic (exact) mass is 463 g/mol. The molecule has 1 N–H and O–H groups in total. The van der Waals surface area contributed by atoms with Crippen LogP contribution in [0.1, 0.15) is 54.6 Å². The van der Waals surface area contributed by atoms with Gasteiger partial charge in [-0.05, 0) is 55.3 Å². The van der Waals surface area contributed by atoms with Gasteiger partial charge >= 0.3 is 0 Å². The first-order valence-electron chi connectivity index (χ1n) is 11.7. The van der Waals surface area contributed by atoms with E-state index in [1.165, 1.54) is 5.57 Å². The number of amides is 1. The first kappa shape index (κ1) is 23.8. The molecule has 4 rings (SSSR count). The van der Waals surface area contributed by atoms with Gasteiger partial charge in [0.15, 0.2) is 5.82 Å². The molecule has 1 aliphatic rings. The maximum absolute atomic E-state index is 13.0. The van der Waals surface area contributed by atoms with Crippen LogP contribution >= 0.6 is 0 Å². The molecule has 1 atom stereocenters. The summed E-state index contributed by atoms with van der Waals surface area (Å²) in [6.45, 7) is 9.76. The largest absolute Gasteiger partial charge is 0.497 e. The predicted molar refractivity (Wildman–Crippen MR) is 131 cm³/mol. The number of methoxy groups -OCH3 is 1. The van der Waals surface area contributed by atoms with Crippen molar-refractivity contribution in [1.82, 2.24) is 25.0 Å². The second kappa shape index (κ2) is 10.7. The van der Waals surface area contributed by atoms with Gasteiger partial charge in [0.1, 0.15) is 17.3 Å². The first-order chi connectivity index (χ1) is 16.4. The van der Waals surface area contributed by atoms with Crippen molar-refractivity contribution in [3.8, 4) is 5.75 Å². The number of benzene rings is 1. The van der Waals surface area contributed by atoms with E-state index in [1.807, 2.05) is 12.1 Å². The van der Waals surface area contributed by atoms with Crippen LogP contribution in [0.15, 0.2) is 52.7 Å². The van der Waals surface area contributed by atoms with Crippen molar-refractivity contribution >= 4 is 12.0 Å². The number of aromatic nitrogens is 3. The second-order valence-corrected chi connectivity index (χ2v) is 9.08. The Hall–Kier alpha value is -3.39. The highest BCUT2D eigenvalue weighted by Gasteiger charge is 2.27. The summed E-state index contributed by atoms with van der Waals surface area (Å²) in [7, 11) is 1.61. The Bertz CT molecular complexity index is 1120. The smallest absolute Gasteiger partial charge is 0.251 e. The van der Waals surface area contributed by atoms with Crippen molar-refractivity contribution in [3.63, 3.8) is 0 Å². The topological polar surface area (TPSA) is 85.4 Å². The summed E-state index contributed by atoms with van der Waals surface area (Å²) in [6, 6.07) is 10.8. The number of carbonyl (C=O) groups excluding carboxylic acids is 1. The minimum Gasteiger partial charge on any atom is -0.497 e. The number of ether oxygens (including phenoxy) is 1. The van der Waals surface area contributed by atoms with E-state index in [2.05, 4.69) is 51.8 Å². The average molecular weight is 464 g/mol. The summed E-state index contributed by atoms with van der Waals surface area (Å²) in [5.74, 6) is 3.41. The maximum Gasteiger partial charge on any atom is 0.251 e. The molecule has 1 aromatic carbocycles. The van der Waals surface area contributed by atoms with Gasteiger partial charge in [0.2, 0.25) is 0 Å². The molecule has 2 aromatic heterocycles. The third-order valence-corrected chi connectivity index (χ3v) is 6.14.